The van der Waals surface area contributed by atoms with Crippen molar-refractivity contribution < 1.29 is 0 Å². The van der Waals surface area contributed by atoms with Crippen LogP contribution in [0.4, 0.5) is 0 Å². The molecule has 0 bridgehead atoms. The summed E-state index contributed by atoms with van der Waals surface area (Å²) in [6.45, 7) is 2.15. The van der Waals surface area contributed by atoms with Crippen LogP contribution in [0.25, 0.3) is 0 Å². The summed E-state index contributed by atoms with van der Waals surface area (Å²) in [4.78, 5) is 0. The van der Waals surface area contributed by atoms with Crippen molar-refractivity contribution in [2.75, 3.05) is 0 Å². The lowest BCUT2D eigenvalue weighted by atomic mass is 9.84. The van der Waals surface area contributed by atoms with E-state index in [0.717, 1.165) is 0 Å². The molecule has 4 rings (SSSR count). The van der Waals surface area contributed by atoms with Crippen LogP contribution in [0.15, 0.2) is 84.9 Å². The minimum absolute atomic E-state index is 0.151. The van der Waals surface area contributed by atoms with Gasteiger partial charge in [0.2, 0.25) is 0 Å². The minimum Gasteiger partial charge on any atom is -0.0622 e. The van der Waals surface area contributed by atoms with Crippen LogP contribution < -0.4 is 0 Å². The molecule has 0 N–H and O–H groups in total. The molecule has 1 atom stereocenters. The van der Waals surface area contributed by atoms with Crippen molar-refractivity contribution in [2.24, 2.45) is 0 Å². The first-order valence-electron chi connectivity index (χ1n) is 7.98. The molecular weight excluding hydrogens is 264 g/mol. The minimum atomic E-state index is 0.151. The van der Waals surface area contributed by atoms with Crippen molar-refractivity contribution in [2.45, 2.75) is 24.7 Å². The fourth-order valence-electron chi connectivity index (χ4n) is 3.74. The maximum Gasteiger partial charge on any atom is 0.0278 e. The number of benzene rings is 3. The van der Waals surface area contributed by atoms with Crippen LogP contribution in [0.5, 0.6) is 0 Å². The van der Waals surface area contributed by atoms with Gasteiger partial charge in [-0.15, -0.1) is 0 Å². The highest BCUT2D eigenvalue weighted by atomic mass is 14.6. The molecule has 108 valence electrons. The summed E-state index contributed by atoms with van der Waals surface area (Å²) >= 11 is 0. The summed E-state index contributed by atoms with van der Waals surface area (Å²) in [6.07, 6.45) is 1.20. The predicted octanol–water partition coefficient (Wildman–Crippen LogP) is 5.47. The second-order valence-corrected chi connectivity index (χ2v) is 6.37. The first-order chi connectivity index (χ1) is 10.8. The van der Waals surface area contributed by atoms with Crippen LogP contribution in [0, 0.1) is 6.92 Å². The van der Waals surface area contributed by atoms with Gasteiger partial charge in [-0.05, 0) is 36.0 Å². The monoisotopic (exact) mass is 284 g/mol. The Kier molecular flexibility index (Phi) is 3.11. The number of hydrogen-bond acceptors (Lipinski definition) is 0. The first-order valence-corrected chi connectivity index (χ1v) is 7.98. The van der Waals surface area contributed by atoms with Crippen LogP contribution in [-0.2, 0) is 5.41 Å². The van der Waals surface area contributed by atoms with Crippen LogP contribution in [0.3, 0.4) is 0 Å². The first kappa shape index (κ1) is 13.3. The van der Waals surface area contributed by atoms with Gasteiger partial charge < -0.3 is 0 Å². The molecule has 1 aliphatic carbocycles. The Bertz CT molecular complexity index is 715. The summed E-state index contributed by atoms with van der Waals surface area (Å²) < 4.78 is 0. The summed E-state index contributed by atoms with van der Waals surface area (Å²) in [5, 5.41) is 0. The molecule has 1 aliphatic rings. The van der Waals surface area contributed by atoms with Gasteiger partial charge in [0, 0.05) is 5.41 Å². The summed E-state index contributed by atoms with van der Waals surface area (Å²) in [6, 6.07) is 31.0. The lowest BCUT2D eigenvalue weighted by Crippen LogP contribution is -2.11. The lowest BCUT2D eigenvalue weighted by Gasteiger charge is -2.19. The SMILES string of the molecule is Cc1ccc(C2CC2(c2ccccc2)c2ccccc2)cc1. The van der Waals surface area contributed by atoms with Gasteiger partial charge >= 0.3 is 0 Å². The van der Waals surface area contributed by atoms with Crippen molar-refractivity contribution in [3.8, 4) is 0 Å². The molecule has 3 aromatic carbocycles. The summed E-state index contributed by atoms with van der Waals surface area (Å²) in [7, 11) is 0. The molecule has 1 unspecified atom stereocenters. The van der Waals surface area contributed by atoms with Gasteiger partial charge in [0.05, 0.1) is 0 Å². The van der Waals surface area contributed by atoms with Crippen LogP contribution in [-0.4, -0.2) is 0 Å². The van der Waals surface area contributed by atoms with Crippen molar-refractivity contribution in [1.82, 2.24) is 0 Å². The van der Waals surface area contributed by atoms with Crippen LogP contribution in [0.2, 0.25) is 0 Å². The Balaban J connectivity index is 1.81. The standard InChI is InChI=1S/C22H20/c1-17-12-14-18(15-13-17)21-16-22(21,19-8-4-2-5-9-19)20-10-6-3-7-11-20/h2-15,21H,16H2,1H3. The van der Waals surface area contributed by atoms with Crippen molar-refractivity contribution >= 4 is 0 Å². The normalized spacial score (nSPS) is 18.9. The van der Waals surface area contributed by atoms with Crippen LogP contribution >= 0.6 is 0 Å². The topological polar surface area (TPSA) is 0 Å². The number of rotatable bonds is 3. The van der Waals surface area contributed by atoms with E-state index in [1.807, 2.05) is 0 Å². The molecule has 0 heterocycles. The zero-order valence-corrected chi connectivity index (χ0v) is 12.9. The molecule has 0 radical (unpaired) electrons. The van der Waals surface area contributed by atoms with Gasteiger partial charge in [-0.25, -0.2) is 0 Å². The van der Waals surface area contributed by atoms with E-state index < -0.39 is 0 Å². The van der Waals surface area contributed by atoms with E-state index in [0.29, 0.717) is 5.92 Å². The average molecular weight is 284 g/mol. The average Bonchev–Trinajstić information content (AvgIpc) is 3.34. The molecule has 0 aromatic heterocycles. The molecule has 3 aromatic rings. The summed E-state index contributed by atoms with van der Waals surface area (Å²) in [5.74, 6) is 0.581. The lowest BCUT2D eigenvalue weighted by molar-refractivity contribution is 0.803. The Hall–Kier alpha value is -2.34. The molecule has 22 heavy (non-hydrogen) atoms. The fourth-order valence-corrected chi connectivity index (χ4v) is 3.74. The zero-order chi connectivity index (χ0) is 15.0. The molecular formula is C22H20. The van der Waals surface area contributed by atoms with E-state index in [-0.39, 0.29) is 5.41 Å². The maximum atomic E-state index is 2.30. The largest absolute Gasteiger partial charge is 0.0622 e. The van der Waals surface area contributed by atoms with E-state index >= 15 is 0 Å². The van der Waals surface area contributed by atoms with Gasteiger partial charge in [0.15, 0.2) is 0 Å². The quantitative estimate of drug-likeness (QED) is 0.598. The predicted molar refractivity (Wildman–Crippen MR) is 92.2 cm³/mol. The smallest absolute Gasteiger partial charge is 0.0278 e. The van der Waals surface area contributed by atoms with E-state index in [1.165, 1.54) is 28.7 Å². The Morgan fingerprint density at radius 1 is 0.682 bits per heavy atom. The fraction of sp³-hybridized carbons (Fsp3) is 0.182. The van der Waals surface area contributed by atoms with Gasteiger partial charge in [0.1, 0.15) is 0 Å². The second kappa shape index (κ2) is 5.14. The maximum absolute atomic E-state index is 2.30. The third-order valence-electron chi connectivity index (χ3n) is 5.02. The second-order valence-electron chi connectivity index (χ2n) is 6.37. The molecule has 0 heteroatoms. The summed E-state index contributed by atoms with van der Waals surface area (Å²) in [5.41, 5.74) is 5.81. The van der Waals surface area contributed by atoms with Crippen molar-refractivity contribution in [3.05, 3.63) is 107 Å². The van der Waals surface area contributed by atoms with Gasteiger partial charge in [0.25, 0.3) is 0 Å². The molecule has 1 saturated carbocycles. The van der Waals surface area contributed by atoms with Crippen molar-refractivity contribution in [1.29, 1.82) is 0 Å². The number of aryl methyl sites for hydroxylation is 1. The third-order valence-corrected chi connectivity index (χ3v) is 5.02. The molecule has 0 saturated heterocycles. The molecule has 0 amide bonds. The third kappa shape index (κ3) is 2.07. The van der Waals surface area contributed by atoms with Crippen LogP contribution in [0.1, 0.15) is 34.6 Å². The molecule has 0 aliphatic heterocycles. The zero-order valence-electron chi connectivity index (χ0n) is 12.9. The Morgan fingerprint density at radius 2 is 1.18 bits per heavy atom. The molecule has 1 fully saturated rings. The highest BCUT2D eigenvalue weighted by Crippen LogP contribution is 2.64. The van der Waals surface area contributed by atoms with Gasteiger partial charge in [-0.2, -0.15) is 0 Å². The van der Waals surface area contributed by atoms with Crippen molar-refractivity contribution in [3.63, 3.8) is 0 Å². The van der Waals surface area contributed by atoms with E-state index in [2.05, 4.69) is 91.9 Å². The Labute approximate surface area is 132 Å². The molecule has 0 nitrogen and oxygen atoms in total. The highest BCUT2D eigenvalue weighted by molar-refractivity contribution is 5.53. The van der Waals surface area contributed by atoms with E-state index in [9.17, 15) is 0 Å². The van der Waals surface area contributed by atoms with E-state index in [4.69, 9.17) is 0 Å². The van der Waals surface area contributed by atoms with Gasteiger partial charge in [-0.1, -0.05) is 90.5 Å². The number of hydrogen-bond donors (Lipinski definition) is 0. The van der Waals surface area contributed by atoms with E-state index in [1.54, 1.807) is 0 Å². The van der Waals surface area contributed by atoms with Gasteiger partial charge in [-0.3, -0.25) is 0 Å². The molecule has 0 spiro atoms. The Morgan fingerprint density at radius 3 is 1.68 bits per heavy atom. The highest BCUT2D eigenvalue weighted by Gasteiger charge is 2.56.